The Morgan fingerprint density at radius 2 is 1.33 bits per heavy atom. The second-order valence-corrected chi connectivity index (χ2v) is 6.24. The highest BCUT2D eigenvalue weighted by atomic mass is 35.5. The van der Waals surface area contributed by atoms with E-state index in [1.807, 2.05) is 0 Å². The van der Waals surface area contributed by atoms with Gasteiger partial charge in [-0.05, 0) is 36.4 Å². The lowest BCUT2D eigenvalue weighted by atomic mass is 10.1. The molecule has 0 aromatic heterocycles. The lowest BCUT2D eigenvalue weighted by Crippen LogP contribution is -2.30. The molecule has 0 aliphatic carbocycles. The zero-order valence-electron chi connectivity index (χ0n) is 13.9. The van der Waals surface area contributed by atoms with E-state index in [0.717, 1.165) is 4.90 Å². The Balaban J connectivity index is 1.71. The Kier molecular flexibility index (Phi) is 4.22. The predicted octanol–water partition coefficient (Wildman–Crippen LogP) is 4.36. The number of amides is 2. The minimum absolute atomic E-state index is 0.0944. The molecule has 0 saturated heterocycles. The van der Waals surface area contributed by atoms with Crippen molar-refractivity contribution in [2.45, 2.75) is 0 Å². The van der Waals surface area contributed by atoms with Crippen molar-refractivity contribution in [2.24, 2.45) is 0 Å². The molecule has 1 heterocycles. The third-order valence-corrected chi connectivity index (χ3v) is 4.53. The van der Waals surface area contributed by atoms with Gasteiger partial charge in [0.1, 0.15) is 0 Å². The monoisotopic (exact) mass is 377 g/mol. The summed E-state index contributed by atoms with van der Waals surface area (Å²) >= 11 is 6.04. The van der Waals surface area contributed by atoms with Crippen LogP contribution in [0, 0.1) is 0 Å². The van der Waals surface area contributed by atoms with Crippen LogP contribution in [-0.2, 0) is 0 Å². The van der Waals surface area contributed by atoms with E-state index < -0.39 is 17.8 Å². The second kappa shape index (κ2) is 6.70. The summed E-state index contributed by atoms with van der Waals surface area (Å²) in [6.07, 6.45) is 0. The van der Waals surface area contributed by atoms with Gasteiger partial charge in [-0.3, -0.25) is 9.59 Å². The standard InChI is InChI=1S/C21H12ClNO4/c22-16-10-4-3-9-15(16)21(26)27-18-12-6-5-11-17(18)23-19(24)13-7-1-2-8-14(13)20(23)25/h1-12H. The van der Waals surface area contributed by atoms with Gasteiger partial charge in [0.05, 0.1) is 27.4 Å². The van der Waals surface area contributed by atoms with E-state index in [1.165, 1.54) is 12.1 Å². The molecule has 0 spiro atoms. The molecule has 5 nitrogen and oxygen atoms in total. The Morgan fingerprint density at radius 3 is 2.00 bits per heavy atom. The van der Waals surface area contributed by atoms with Crippen LogP contribution in [0.15, 0.2) is 72.8 Å². The normalized spacial score (nSPS) is 12.9. The zero-order chi connectivity index (χ0) is 19.0. The fraction of sp³-hybridized carbons (Fsp3) is 0. The van der Waals surface area contributed by atoms with Gasteiger partial charge in [-0.2, -0.15) is 0 Å². The van der Waals surface area contributed by atoms with Crippen molar-refractivity contribution in [2.75, 3.05) is 4.90 Å². The third-order valence-electron chi connectivity index (χ3n) is 4.20. The number of carbonyl (C=O) groups is 3. The van der Waals surface area contributed by atoms with Crippen LogP contribution >= 0.6 is 11.6 Å². The summed E-state index contributed by atoms with van der Waals surface area (Å²) in [7, 11) is 0. The minimum atomic E-state index is -0.676. The van der Waals surface area contributed by atoms with Gasteiger partial charge >= 0.3 is 5.97 Å². The number of esters is 1. The lowest BCUT2D eigenvalue weighted by Gasteiger charge is -2.17. The number of anilines is 1. The van der Waals surface area contributed by atoms with Crippen LogP contribution < -0.4 is 9.64 Å². The van der Waals surface area contributed by atoms with E-state index in [4.69, 9.17) is 16.3 Å². The minimum Gasteiger partial charge on any atom is -0.421 e. The molecular weight excluding hydrogens is 366 g/mol. The van der Waals surface area contributed by atoms with Crippen LogP contribution in [0.1, 0.15) is 31.1 Å². The summed E-state index contributed by atoms with van der Waals surface area (Å²) in [6.45, 7) is 0. The van der Waals surface area contributed by atoms with E-state index in [1.54, 1.807) is 60.7 Å². The van der Waals surface area contributed by atoms with Crippen molar-refractivity contribution in [3.63, 3.8) is 0 Å². The average Bonchev–Trinajstić information content (AvgIpc) is 2.94. The fourth-order valence-electron chi connectivity index (χ4n) is 2.92. The van der Waals surface area contributed by atoms with Gasteiger partial charge in [-0.25, -0.2) is 9.69 Å². The predicted molar refractivity (Wildman–Crippen MR) is 100 cm³/mol. The van der Waals surface area contributed by atoms with Gasteiger partial charge in [-0.15, -0.1) is 0 Å². The van der Waals surface area contributed by atoms with Crippen molar-refractivity contribution in [1.82, 2.24) is 0 Å². The highest BCUT2D eigenvalue weighted by Gasteiger charge is 2.37. The van der Waals surface area contributed by atoms with Crippen LogP contribution in [-0.4, -0.2) is 17.8 Å². The summed E-state index contributed by atoms with van der Waals surface area (Å²) in [5.74, 6) is -1.50. The largest absolute Gasteiger partial charge is 0.421 e. The number of nitrogens with zero attached hydrogens (tertiary/aromatic N) is 1. The van der Waals surface area contributed by atoms with Crippen molar-refractivity contribution in [3.8, 4) is 5.75 Å². The van der Waals surface area contributed by atoms with Crippen molar-refractivity contribution in [3.05, 3.63) is 94.5 Å². The molecule has 4 rings (SSSR count). The molecule has 1 aliphatic rings. The number of carbonyl (C=O) groups excluding carboxylic acids is 3. The van der Waals surface area contributed by atoms with Crippen LogP contribution in [0.3, 0.4) is 0 Å². The molecule has 0 bridgehead atoms. The number of benzene rings is 3. The van der Waals surface area contributed by atoms with Crippen molar-refractivity contribution >= 4 is 35.1 Å². The summed E-state index contributed by atoms with van der Waals surface area (Å²) in [5.41, 5.74) is 1.02. The Bertz CT molecular complexity index is 1060. The number of ether oxygens (including phenoxy) is 1. The number of imide groups is 1. The Labute approximate surface area is 159 Å². The maximum absolute atomic E-state index is 12.7. The number of hydrogen-bond donors (Lipinski definition) is 0. The Morgan fingerprint density at radius 1 is 0.778 bits per heavy atom. The molecule has 0 radical (unpaired) electrons. The molecule has 0 fully saturated rings. The molecular formula is C21H12ClNO4. The van der Waals surface area contributed by atoms with Gasteiger partial charge in [0.15, 0.2) is 5.75 Å². The first-order chi connectivity index (χ1) is 13.1. The average molecular weight is 378 g/mol. The van der Waals surface area contributed by atoms with E-state index in [-0.39, 0.29) is 22.0 Å². The topological polar surface area (TPSA) is 63.7 Å². The molecule has 27 heavy (non-hydrogen) atoms. The smallest absolute Gasteiger partial charge is 0.345 e. The number of rotatable bonds is 3. The third kappa shape index (κ3) is 2.88. The first-order valence-corrected chi connectivity index (χ1v) is 8.49. The lowest BCUT2D eigenvalue weighted by molar-refractivity contribution is 0.0731. The molecule has 6 heteroatoms. The van der Waals surface area contributed by atoms with Crippen LogP contribution in [0.4, 0.5) is 5.69 Å². The summed E-state index contributed by atoms with van der Waals surface area (Å²) < 4.78 is 5.45. The maximum Gasteiger partial charge on any atom is 0.345 e. The summed E-state index contributed by atoms with van der Waals surface area (Å²) in [4.78, 5) is 38.9. The van der Waals surface area contributed by atoms with Gasteiger partial charge in [0.25, 0.3) is 11.8 Å². The van der Waals surface area contributed by atoms with E-state index in [0.29, 0.717) is 11.1 Å². The zero-order valence-corrected chi connectivity index (χ0v) is 14.6. The fourth-order valence-corrected chi connectivity index (χ4v) is 3.13. The SMILES string of the molecule is O=C(Oc1ccccc1N1C(=O)c2ccccc2C1=O)c1ccccc1Cl. The molecule has 3 aromatic rings. The molecule has 1 aliphatic heterocycles. The van der Waals surface area contributed by atoms with Crippen LogP contribution in [0.5, 0.6) is 5.75 Å². The molecule has 2 amide bonds. The van der Waals surface area contributed by atoms with E-state index in [2.05, 4.69) is 0 Å². The van der Waals surface area contributed by atoms with Gasteiger partial charge < -0.3 is 4.74 Å². The molecule has 0 saturated carbocycles. The van der Waals surface area contributed by atoms with E-state index in [9.17, 15) is 14.4 Å². The number of halogens is 1. The summed E-state index contributed by atoms with van der Waals surface area (Å²) in [6, 6.07) is 19.4. The number of fused-ring (bicyclic) bond motifs is 1. The molecule has 0 atom stereocenters. The van der Waals surface area contributed by atoms with Gasteiger partial charge in [-0.1, -0.05) is 48.0 Å². The highest BCUT2D eigenvalue weighted by Crippen LogP contribution is 2.35. The Hall–Kier alpha value is -3.44. The second-order valence-electron chi connectivity index (χ2n) is 5.83. The first kappa shape index (κ1) is 17.0. The van der Waals surface area contributed by atoms with Crippen molar-refractivity contribution < 1.29 is 19.1 Å². The highest BCUT2D eigenvalue weighted by molar-refractivity contribution is 6.35. The molecule has 0 unspecified atom stereocenters. The summed E-state index contributed by atoms with van der Waals surface area (Å²) in [5, 5.41) is 0.251. The van der Waals surface area contributed by atoms with Crippen LogP contribution in [0.2, 0.25) is 5.02 Å². The molecule has 3 aromatic carbocycles. The van der Waals surface area contributed by atoms with Gasteiger partial charge in [0.2, 0.25) is 0 Å². The first-order valence-electron chi connectivity index (χ1n) is 8.11. The molecule has 132 valence electrons. The maximum atomic E-state index is 12.7. The van der Waals surface area contributed by atoms with Gasteiger partial charge in [0, 0.05) is 0 Å². The number of hydrogen-bond acceptors (Lipinski definition) is 4. The van der Waals surface area contributed by atoms with Crippen LogP contribution in [0.25, 0.3) is 0 Å². The molecule has 0 N–H and O–H groups in total. The number of para-hydroxylation sites is 2. The quantitative estimate of drug-likeness (QED) is 0.386. The van der Waals surface area contributed by atoms with E-state index >= 15 is 0 Å². The van der Waals surface area contributed by atoms with Crippen molar-refractivity contribution in [1.29, 1.82) is 0 Å².